The highest BCUT2D eigenvalue weighted by Gasteiger charge is 2.29. The number of nitrogens with one attached hydrogen (secondary N) is 5. The van der Waals surface area contributed by atoms with Crippen molar-refractivity contribution >= 4 is 29.5 Å². The summed E-state index contributed by atoms with van der Waals surface area (Å²) in [5.74, 6) is -2.44. The molecule has 0 aliphatic carbocycles. The summed E-state index contributed by atoms with van der Waals surface area (Å²) in [6.45, 7) is 3.66. The van der Waals surface area contributed by atoms with Crippen LogP contribution >= 0.6 is 0 Å². The first kappa shape index (κ1) is 33.1. The molecule has 1 aliphatic heterocycles. The van der Waals surface area contributed by atoms with Gasteiger partial charge in [-0.05, 0) is 54.9 Å². The Hall–Kier alpha value is -4.45. The molecule has 12 heteroatoms. The molecule has 232 valence electrons. The number of hydrogen-bond acceptors (Lipinski definition) is 7. The highest BCUT2D eigenvalue weighted by Crippen LogP contribution is 2.12. The van der Waals surface area contributed by atoms with Gasteiger partial charge in [0, 0.05) is 13.0 Å². The van der Waals surface area contributed by atoms with E-state index in [2.05, 4.69) is 26.6 Å². The van der Waals surface area contributed by atoms with Crippen molar-refractivity contribution < 1.29 is 29.1 Å². The Kier molecular flexibility index (Phi) is 12.5. The zero-order chi connectivity index (χ0) is 31.4. The summed E-state index contributed by atoms with van der Waals surface area (Å²) in [5.41, 5.74) is 7.64. The number of hydrogen-bond donors (Lipinski definition) is 7. The van der Waals surface area contributed by atoms with Crippen molar-refractivity contribution in [3.05, 3.63) is 65.7 Å². The van der Waals surface area contributed by atoms with Crippen molar-refractivity contribution in [1.82, 2.24) is 26.6 Å². The molecule has 1 aliphatic rings. The molecule has 0 radical (unpaired) electrons. The minimum Gasteiger partial charge on any atom is -0.508 e. The van der Waals surface area contributed by atoms with Crippen molar-refractivity contribution in [1.29, 1.82) is 0 Å². The summed E-state index contributed by atoms with van der Waals surface area (Å²) in [6.07, 6.45) is 1.26. The minimum absolute atomic E-state index is 0.0899. The Morgan fingerprint density at radius 1 is 0.907 bits per heavy atom. The van der Waals surface area contributed by atoms with E-state index in [0.29, 0.717) is 12.8 Å². The average molecular weight is 595 g/mol. The van der Waals surface area contributed by atoms with E-state index < -0.39 is 54.3 Å². The third kappa shape index (κ3) is 11.0. The second kappa shape index (κ2) is 16.3. The van der Waals surface area contributed by atoms with Gasteiger partial charge in [0.1, 0.15) is 23.9 Å². The fraction of sp³-hybridized carbons (Fsp3) is 0.452. The molecule has 0 saturated carbocycles. The lowest BCUT2D eigenvalue weighted by atomic mass is 10.0. The molecular formula is C31H42N6O6. The van der Waals surface area contributed by atoms with Crippen molar-refractivity contribution in [2.24, 2.45) is 11.7 Å². The van der Waals surface area contributed by atoms with Crippen molar-refractivity contribution in [3.63, 3.8) is 0 Å². The van der Waals surface area contributed by atoms with Gasteiger partial charge in [-0.2, -0.15) is 0 Å². The number of phenols is 1. The molecule has 2 aromatic carbocycles. The molecule has 12 nitrogen and oxygen atoms in total. The first-order chi connectivity index (χ1) is 20.5. The molecule has 0 spiro atoms. The monoisotopic (exact) mass is 594 g/mol. The largest absolute Gasteiger partial charge is 0.508 e. The van der Waals surface area contributed by atoms with Crippen LogP contribution in [-0.4, -0.2) is 71.9 Å². The molecule has 0 bridgehead atoms. The second-order valence-corrected chi connectivity index (χ2v) is 11.2. The molecule has 2 aromatic rings. The molecule has 5 amide bonds. The van der Waals surface area contributed by atoms with Crippen LogP contribution in [0.25, 0.3) is 0 Å². The van der Waals surface area contributed by atoms with E-state index in [1.807, 2.05) is 44.2 Å². The van der Waals surface area contributed by atoms with Gasteiger partial charge in [-0.15, -0.1) is 0 Å². The van der Waals surface area contributed by atoms with E-state index in [9.17, 15) is 29.1 Å². The summed E-state index contributed by atoms with van der Waals surface area (Å²) in [7, 11) is 0. The van der Waals surface area contributed by atoms with E-state index in [1.165, 1.54) is 12.1 Å². The summed E-state index contributed by atoms with van der Waals surface area (Å²) in [4.78, 5) is 65.3. The number of amides is 5. The normalized spacial score (nSPS) is 21.3. The lowest BCUT2D eigenvalue weighted by Crippen LogP contribution is -2.56. The maximum Gasteiger partial charge on any atom is 0.243 e. The highest BCUT2D eigenvalue weighted by atomic mass is 16.3. The number of nitrogens with two attached hydrogens (primary N) is 1. The minimum atomic E-state index is -1.01. The van der Waals surface area contributed by atoms with Gasteiger partial charge < -0.3 is 37.4 Å². The average Bonchev–Trinajstić information content (AvgIpc) is 2.97. The molecule has 3 rings (SSSR count). The van der Waals surface area contributed by atoms with E-state index >= 15 is 0 Å². The third-order valence-electron chi connectivity index (χ3n) is 7.03. The first-order valence-electron chi connectivity index (χ1n) is 14.5. The second-order valence-electron chi connectivity index (χ2n) is 11.2. The number of carbonyl (C=O) groups is 5. The third-order valence-corrected chi connectivity index (χ3v) is 7.03. The molecule has 1 saturated heterocycles. The standard InChI is InChI=1S/C31H42N6O6/c1-19(2)15-25-30(42)33-14-6-9-24(36-28(40)23(32)16-21-10-12-22(38)13-11-21)29(41)34-18-27(39)35-26(31(43)37-25)17-20-7-4-3-5-8-20/h3-5,7-8,10-13,19,23-26,38H,6,9,14-18,32H2,1-2H3,(H,33,42)(H,34,41)(H,35,39)(H,36,40)(H,37,43)/t23-,24+,25-,26-/m0/s1. The van der Waals surface area contributed by atoms with Crippen LogP contribution in [0.2, 0.25) is 0 Å². The first-order valence-corrected chi connectivity index (χ1v) is 14.5. The molecule has 4 atom stereocenters. The molecular weight excluding hydrogens is 552 g/mol. The lowest BCUT2D eigenvalue weighted by molar-refractivity contribution is -0.133. The predicted octanol–water partition coefficient (Wildman–Crippen LogP) is 0.0314. The summed E-state index contributed by atoms with van der Waals surface area (Å²) >= 11 is 0. The number of benzene rings is 2. The van der Waals surface area contributed by atoms with Crippen LogP contribution in [0.3, 0.4) is 0 Å². The Labute approximate surface area is 251 Å². The van der Waals surface area contributed by atoms with E-state index in [-0.39, 0.29) is 43.4 Å². The van der Waals surface area contributed by atoms with Gasteiger partial charge >= 0.3 is 0 Å². The van der Waals surface area contributed by atoms with Crippen LogP contribution < -0.4 is 32.3 Å². The van der Waals surface area contributed by atoms with Gasteiger partial charge in [0.25, 0.3) is 0 Å². The molecule has 1 fully saturated rings. The Bertz CT molecular complexity index is 1250. The van der Waals surface area contributed by atoms with Crippen molar-refractivity contribution in [3.8, 4) is 5.75 Å². The number of carbonyl (C=O) groups excluding carboxylic acids is 5. The Morgan fingerprint density at radius 2 is 1.60 bits per heavy atom. The van der Waals surface area contributed by atoms with Crippen LogP contribution in [0.5, 0.6) is 5.75 Å². The quantitative estimate of drug-likeness (QED) is 0.224. The van der Waals surface area contributed by atoms with Crippen LogP contribution in [0, 0.1) is 5.92 Å². The summed E-state index contributed by atoms with van der Waals surface area (Å²) in [6, 6.07) is 11.6. The van der Waals surface area contributed by atoms with E-state index in [0.717, 1.165) is 11.1 Å². The molecule has 8 N–H and O–H groups in total. The maximum absolute atomic E-state index is 13.3. The topological polar surface area (TPSA) is 192 Å². The smallest absolute Gasteiger partial charge is 0.243 e. The maximum atomic E-state index is 13.3. The zero-order valence-corrected chi connectivity index (χ0v) is 24.6. The predicted molar refractivity (Wildman–Crippen MR) is 160 cm³/mol. The van der Waals surface area contributed by atoms with Crippen LogP contribution in [0.4, 0.5) is 0 Å². The fourth-order valence-corrected chi connectivity index (χ4v) is 4.74. The summed E-state index contributed by atoms with van der Waals surface area (Å²) < 4.78 is 0. The van der Waals surface area contributed by atoms with Crippen LogP contribution in [0.1, 0.15) is 44.2 Å². The summed E-state index contributed by atoms with van der Waals surface area (Å²) in [5, 5.41) is 23.0. The highest BCUT2D eigenvalue weighted by molar-refractivity contribution is 5.94. The SMILES string of the molecule is CC(C)C[C@@H]1NC(=O)[C@H](Cc2ccccc2)NC(=O)CNC(=O)[C@H](NC(=O)[C@@H](N)Cc2ccc(O)cc2)CCCNC1=O. The van der Waals surface area contributed by atoms with Crippen molar-refractivity contribution in [2.45, 2.75) is 70.1 Å². The van der Waals surface area contributed by atoms with Gasteiger partial charge in [0.15, 0.2) is 0 Å². The number of aromatic hydroxyl groups is 1. The van der Waals surface area contributed by atoms with Gasteiger partial charge in [0.2, 0.25) is 29.5 Å². The van der Waals surface area contributed by atoms with Crippen LogP contribution in [-0.2, 0) is 36.8 Å². The molecule has 1 heterocycles. The molecule has 0 unspecified atom stereocenters. The number of rotatable bonds is 8. The van der Waals surface area contributed by atoms with Gasteiger partial charge in [0.05, 0.1) is 12.6 Å². The van der Waals surface area contributed by atoms with Gasteiger partial charge in [-0.3, -0.25) is 24.0 Å². The van der Waals surface area contributed by atoms with Crippen LogP contribution in [0.15, 0.2) is 54.6 Å². The van der Waals surface area contributed by atoms with E-state index in [1.54, 1.807) is 12.1 Å². The number of phenolic OH excluding ortho intramolecular Hbond substituents is 1. The Morgan fingerprint density at radius 3 is 2.28 bits per heavy atom. The van der Waals surface area contributed by atoms with Gasteiger partial charge in [-0.1, -0.05) is 56.3 Å². The van der Waals surface area contributed by atoms with Crippen molar-refractivity contribution in [2.75, 3.05) is 13.1 Å². The lowest BCUT2D eigenvalue weighted by Gasteiger charge is -2.24. The molecule has 0 aromatic heterocycles. The fourth-order valence-electron chi connectivity index (χ4n) is 4.74. The Balaban J connectivity index is 1.75. The van der Waals surface area contributed by atoms with Gasteiger partial charge in [-0.25, -0.2) is 0 Å². The van der Waals surface area contributed by atoms with E-state index in [4.69, 9.17) is 5.73 Å². The molecule has 43 heavy (non-hydrogen) atoms. The zero-order valence-electron chi connectivity index (χ0n) is 24.6.